The summed E-state index contributed by atoms with van der Waals surface area (Å²) in [5, 5.41) is 21.8. The van der Waals surface area contributed by atoms with Crippen LogP contribution < -0.4 is 10.8 Å². The first-order valence-electron chi connectivity index (χ1n) is 16.3. The molecule has 0 aliphatic carbocycles. The molecule has 0 bridgehead atoms. The number of hydrogen-bond acceptors (Lipinski definition) is 9. The largest absolute Gasteiger partial charge is 0.392 e. The monoisotopic (exact) mass is 670 g/mol. The minimum atomic E-state index is -0.585. The van der Waals surface area contributed by atoms with Gasteiger partial charge in [-0.3, -0.25) is 14.8 Å². The lowest BCUT2D eigenvalue weighted by Crippen LogP contribution is -2.31. The molecule has 2 heterocycles. The van der Waals surface area contributed by atoms with Gasteiger partial charge in [0.1, 0.15) is 0 Å². The zero-order valence-electron chi connectivity index (χ0n) is 26.8. The first kappa shape index (κ1) is 35.2. The highest BCUT2D eigenvalue weighted by Gasteiger charge is 2.32. The smallest absolute Gasteiger partial charge is 0.243 e. The molecule has 48 heavy (non-hydrogen) atoms. The van der Waals surface area contributed by atoms with Crippen molar-refractivity contribution in [2.24, 2.45) is 0 Å². The van der Waals surface area contributed by atoms with Crippen LogP contribution >= 0.6 is 11.8 Å². The van der Waals surface area contributed by atoms with Crippen molar-refractivity contribution < 1.29 is 29.4 Å². The number of ether oxygens (including phenoxy) is 2. The number of carbonyl (C=O) groups is 2. The maximum Gasteiger partial charge on any atom is 0.243 e. The Kier molecular flexibility index (Phi) is 13.5. The van der Waals surface area contributed by atoms with Crippen LogP contribution in [0.1, 0.15) is 79.6 Å². The molecule has 10 nitrogen and oxygen atoms in total. The van der Waals surface area contributed by atoms with Crippen LogP contribution in [-0.4, -0.2) is 44.0 Å². The van der Waals surface area contributed by atoms with Gasteiger partial charge in [-0.15, -0.1) is 0 Å². The van der Waals surface area contributed by atoms with Gasteiger partial charge in [0.2, 0.25) is 11.8 Å². The summed E-state index contributed by atoms with van der Waals surface area (Å²) in [6, 6.07) is 25.9. The maximum atomic E-state index is 12.4. The van der Waals surface area contributed by atoms with Crippen molar-refractivity contribution in [2.45, 2.75) is 81.8 Å². The van der Waals surface area contributed by atoms with Crippen molar-refractivity contribution in [1.82, 2.24) is 20.8 Å². The second kappa shape index (κ2) is 18.4. The van der Waals surface area contributed by atoms with Gasteiger partial charge in [0.05, 0.1) is 18.8 Å². The predicted octanol–water partition coefficient (Wildman–Crippen LogP) is 6.44. The van der Waals surface area contributed by atoms with Gasteiger partial charge >= 0.3 is 0 Å². The molecule has 4 N–H and O–H groups in total. The van der Waals surface area contributed by atoms with E-state index in [0.717, 1.165) is 52.6 Å². The Morgan fingerprint density at radius 1 is 0.792 bits per heavy atom. The van der Waals surface area contributed by atoms with E-state index in [2.05, 4.69) is 39.6 Å². The number of thioether (sulfide) groups is 1. The number of rotatable bonds is 16. The van der Waals surface area contributed by atoms with Crippen LogP contribution in [0.3, 0.4) is 0 Å². The van der Waals surface area contributed by atoms with E-state index in [9.17, 15) is 14.7 Å². The topological polar surface area (TPSA) is 143 Å². The number of hydroxylamine groups is 1. The first-order chi connectivity index (χ1) is 23.5. The molecule has 0 spiro atoms. The highest BCUT2D eigenvalue weighted by atomic mass is 32.2. The van der Waals surface area contributed by atoms with E-state index in [4.69, 9.17) is 14.7 Å². The molecule has 252 valence electrons. The number of aromatic nitrogens is 2. The second-order valence-electron chi connectivity index (χ2n) is 11.7. The van der Waals surface area contributed by atoms with Crippen molar-refractivity contribution in [3.63, 3.8) is 0 Å². The van der Waals surface area contributed by atoms with Crippen molar-refractivity contribution in [3.8, 4) is 11.1 Å². The fraction of sp³-hybridized carbons (Fsp3) is 0.351. The molecular formula is C37H42N4O6S. The summed E-state index contributed by atoms with van der Waals surface area (Å²) in [7, 11) is 0. The summed E-state index contributed by atoms with van der Waals surface area (Å²) >= 11 is 1.56. The number of nitrogens with zero attached hydrogens (tertiary/aromatic N) is 2. The summed E-state index contributed by atoms with van der Waals surface area (Å²) in [6.07, 6.45) is 7.09. The molecule has 0 unspecified atom stereocenters. The quantitative estimate of drug-likeness (QED) is 0.0348. The van der Waals surface area contributed by atoms with Crippen molar-refractivity contribution in [3.05, 3.63) is 114 Å². The fourth-order valence-electron chi connectivity index (χ4n) is 5.55. The molecule has 4 aromatic rings. The Morgan fingerprint density at radius 3 is 2.23 bits per heavy atom. The number of unbranched alkanes of at least 4 members (excludes halogenated alkanes) is 3. The number of amides is 2. The third-order valence-electron chi connectivity index (χ3n) is 8.15. The highest BCUT2D eigenvalue weighted by molar-refractivity contribution is 7.99. The minimum Gasteiger partial charge on any atom is -0.392 e. The van der Waals surface area contributed by atoms with E-state index in [1.165, 1.54) is 0 Å². The van der Waals surface area contributed by atoms with Crippen LogP contribution in [0.25, 0.3) is 11.1 Å². The van der Waals surface area contributed by atoms with Gasteiger partial charge < -0.3 is 19.9 Å². The SMILES string of the molecule is O=C(CCCCCCC(=O)NCc1cccc(-c2cccc([C@@H]3O[C@H](CSc4ncccn4)C[C@H](c4ccc(CO)cc4)O3)c2)c1)NO. The summed E-state index contributed by atoms with van der Waals surface area (Å²) in [4.78, 5) is 32.2. The predicted molar refractivity (Wildman–Crippen MR) is 183 cm³/mol. The van der Waals surface area contributed by atoms with Gasteiger partial charge in [-0.05, 0) is 58.9 Å². The number of carbonyl (C=O) groups excluding carboxylic acids is 2. The van der Waals surface area contributed by atoms with Crippen LogP contribution in [0.15, 0.2) is 96.4 Å². The van der Waals surface area contributed by atoms with Gasteiger partial charge in [-0.1, -0.05) is 85.3 Å². The molecule has 0 radical (unpaired) electrons. The summed E-state index contributed by atoms with van der Waals surface area (Å²) in [5.41, 5.74) is 7.46. The van der Waals surface area contributed by atoms with E-state index in [1.54, 1.807) is 35.7 Å². The maximum absolute atomic E-state index is 12.4. The lowest BCUT2D eigenvalue weighted by atomic mass is 9.99. The molecule has 1 aromatic heterocycles. The van der Waals surface area contributed by atoms with Crippen LogP contribution in [0.5, 0.6) is 0 Å². The third-order valence-corrected chi connectivity index (χ3v) is 9.15. The molecule has 3 atom stereocenters. The minimum absolute atomic E-state index is 0.00537. The van der Waals surface area contributed by atoms with Crippen LogP contribution in [-0.2, 0) is 32.2 Å². The summed E-state index contributed by atoms with van der Waals surface area (Å²) in [5.74, 6) is 0.284. The van der Waals surface area contributed by atoms with Gasteiger partial charge in [0.25, 0.3) is 0 Å². The zero-order valence-corrected chi connectivity index (χ0v) is 27.6. The summed E-state index contributed by atoms with van der Waals surface area (Å²) in [6.45, 7) is 0.421. The molecule has 1 aliphatic heterocycles. The van der Waals surface area contributed by atoms with Crippen LogP contribution in [0, 0.1) is 0 Å². The van der Waals surface area contributed by atoms with E-state index in [1.807, 2.05) is 48.5 Å². The molecule has 0 saturated carbocycles. The Morgan fingerprint density at radius 2 is 1.50 bits per heavy atom. The standard InChI is InChI=1S/C37H42N4O6S/c42-24-26-14-16-28(17-15-26)33-22-32(25-48-37-38-18-7-19-39-37)46-36(47-33)31-11-6-10-30(21-31)29-9-5-8-27(20-29)23-40-34(43)12-3-1-2-4-13-35(44)41-45/h5-11,14-21,32-33,36,42,45H,1-4,12-13,22-25H2,(H,40,43)(H,41,44)/t32-,33+,36+/m0/s1. The molecule has 11 heteroatoms. The average molecular weight is 671 g/mol. The number of aliphatic hydroxyl groups is 1. The third kappa shape index (κ3) is 10.7. The van der Waals surface area contributed by atoms with Gasteiger partial charge in [0.15, 0.2) is 11.4 Å². The van der Waals surface area contributed by atoms with Crippen LogP contribution in [0.4, 0.5) is 0 Å². The molecular weight excluding hydrogens is 628 g/mol. The highest BCUT2D eigenvalue weighted by Crippen LogP contribution is 2.40. The van der Waals surface area contributed by atoms with Crippen LogP contribution in [0.2, 0.25) is 0 Å². The summed E-state index contributed by atoms with van der Waals surface area (Å²) < 4.78 is 13.1. The Balaban J connectivity index is 1.21. The molecule has 1 saturated heterocycles. The molecule has 5 rings (SSSR count). The normalized spacial score (nSPS) is 17.5. The molecule has 1 fully saturated rings. The van der Waals surface area contributed by atoms with E-state index < -0.39 is 6.29 Å². The molecule has 2 amide bonds. The van der Waals surface area contributed by atoms with E-state index in [0.29, 0.717) is 36.7 Å². The number of benzene rings is 3. The van der Waals surface area contributed by atoms with E-state index >= 15 is 0 Å². The lowest BCUT2D eigenvalue weighted by molar-refractivity contribution is -0.245. The molecule has 1 aliphatic rings. The van der Waals surface area contributed by atoms with Gasteiger partial charge in [-0.2, -0.15) is 0 Å². The van der Waals surface area contributed by atoms with Gasteiger partial charge in [-0.25, -0.2) is 15.4 Å². The number of nitrogens with one attached hydrogen (secondary N) is 2. The number of aliphatic hydroxyl groups excluding tert-OH is 1. The second-order valence-corrected chi connectivity index (χ2v) is 12.7. The van der Waals surface area contributed by atoms with Gasteiger partial charge in [0, 0.05) is 49.5 Å². The Hall–Kier alpha value is -4.13. The van der Waals surface area contributed by atoms with Crippen molar-refractivity contribution >= 4 is 23.6 Å². The Bertz CT molecular complexity index is 1610. The first-order valence-corrected chi connectivity index (χ1v) is 17.3. The zero-order chi connectivity index (χ0) is 33.6. The molecule has 3 aromatic carbocycles. The number of hydrogen-bond donors (Lipinski definition) is 4. The Labute approximate surface area is 285 Å². The lowest BCUT2D eigenvalue weighted by Gasteiger charge is -2.36. The fourth-order valence-corrected chi connectivity index (χ4v) is 6.37. The van der Waals surface area contributed by atoms with E-state index in [-0.39, 0.29) is 37.0 Å². The van der Waals surface area contributed by atoms with Crippen molar-refractivity contribution in [2.75, 3.05) is 5.75 Å². The average Bonchev–Trinajstić information content (AvgIpc) is 3.15. The van der Waals surface area contributed by atoms with Crippen molar-refractivity contribution in [1.29, 1.82) is 0 Å².